The largest absolute Gasteiger partial charge is 0.416 e. The molecule has 1 aliphatic rings. The predicted octanol–water partition coefficient (Wildman–Crippen LogP) is 3.86. The van der Waals surface area contributed by atoms with Gasteiger partial charge in [0.1, 0.15) is 0 Å². The standard InChI is InChI=1S/C16H18F3N3/c1-2-8-22-9-7-14-13(10-22)15(21-20-14)11-3-5-12(6-4-11)16(17,18)19/h3-6H,2,7-10H2,1H3,(H,20,21). The zero-order valence-corrected chi connectivity index (χ0v) is 12.4. The van der Waals surface area contributed by atoms with E-state index in [0.29, 0.717) is 0 Å². The van der Waals surface area contributed by atoms with Crippen molar-refractivity contribution in [3.8, 4) is 11.3 Å². The summed E-state index contributed by atoms with van der Waals surface area (Å²) in [7, 11) is 0. The Kier molecular flexibility index (Phi) is 3.95. The van der Waals surface area contributed by atoms with Gasteiger partial charge in [-0.1, -0.05) is 19.1 Å². The molecular formula is C16H18F3N3. The third-order valence-electron chi connectivity index (χ3n) is 4.04. The Hall–Kier alpha value is -1.82. The number of nitrogens with one attached hydrogen (secondary N) is 1. The lowest BCUT2D eigenvalue weighted by molar-refractivity contribution is -0.137. The summed E-state index contributed by atoms with van der Waals surface area (Å²) in [5, 5.41) is 7.35. The van der Waals surface area contributed by atoms with Crippen molar-refractivity contribution in [2.24, 2.45) is 0 Å². The average molecular weight is 309 g/mol. The van der Waals surface area contributed by atoms with E-state index in [0.717, 1.165) is 67.1 Å². The molecule has 1 aliphatic heterocycles. The Balaban J connectivity index is 1.89. The quantitative estimate of drug-likeness (QED) is 0.933. The molecule has 0 amide bonds. The summed E-state index contributed by atoms with van der Waals surface area (Å²) < 4.78 is 37.9. The maximum absolute atomic E-state index is 12.6. The molecule has 0 atom stereocenters. The second-order valence-corrected chi connectivity index (χ2v) is 5.63. The summed E-state index contributed by atoms with van der Waals surface area (Å²) in [5.41, 5.74) is 3.07. The number of rotatable bonds is 3. The first-order valence-corrected chi connectivity index (χ1v) is 7.45. The average Bonchev–Trinajstić information content (AvgIpc) is 2.90. The molecule has 2 aromatic rings. The van der Waals surface area contributed by atoms with E-state index in [2.05, 4.69) is 22.0 Å². The van der Waals surface area contributed by atoms with Crippen molar-refractivity contribution in [1.82, 2.24) is 15.1 Å². The normalized spacial score (nSPS) is 15.8. The fourth-order valence-corrected chi connectivity index (χ4v) is 2.91. The molecule has 0 saturated carbocycles. The second-order valence-electron chi connectivity index (χ2n) is 5.63. The van der Waals surface area contributed by atoms with Crippen molar-refractivity contribution in [3.05, 3.63) is 41.1 Å². The molecule has 0 aliphatic carbocycles. The van der Waals surface area contributed by atoms with E-state index in [1.807, 2.05) is 0 Å². The van der Waals surface area contributed by atoms with Crippen molar-refractivity contribution in [2.75, 3.05) is 13.1 Å². The molecular weight excluding hydrogens is 291 g/mol. The van der Waals surface area contributed by atoms with Gasteiger partial charge in [-0.15, -0.1) is 0 Å². The Morgan fingerprint density at radius 1 is 1.23 bits per heavy atom. The SMILES string of the molecule is CCCN1CCc2[nH]nc(-c3ccc(C(F)(F)F)cc3)c2C1. The topological polar surface area (TPSA) is 31.9 Å². The van der Waals surface area contributed by atoms with Gasteiger partial charge >= 0.3 is 6.18 Å². The van der Waals surface area contributed by atoms with Gasteiger partial charge in [0.15, 0.2) is 0 Å². The number of benzene rings is 1. The van der Waals surface area contributed by atoms with Crippen molar-refractivity contribution >= 4 is 0 Å². The van der Waals surface area contributed by atoms with Crippen molar-refractivity contribution in [1.29, 1.82) is 0 Å². The van der Waals surface area contributed by atoms with Crippen LogP contribution in [0.1, 0.15) is 30.2 Å². The highest BCUT2D eigenvalue weighted by atomic mass is 19.4. The first kappa shape index (κ1) is 15.1. The smallest absolute Gasteiger partial charge is 0.299 e. The minimum absolute atomic E-state index is 0.631. The van der Waals surface area contributed by atoms with Gasteiger partial charge in [-0.2, -0.15) is 18.3 Å². The summed E-state index contributed by atoms with van der Waals surface area (Å²) >= 11 is 0. The molecule has 6 heteroatoms. The lowest BCUT2D eigenvalue weighted by Gasteiger charge is -2.26. The van der Waals surface area contributed by atoms with E-state index in [1.54, 1.807) is 0 Å². The van der Waals surface area contributed by atoms with Crippen LogP contribution in [-0.2, 0) is 19.1 Å². The van der Waals surface area contributed by atoms with E-state index < -0.39 is 11.7 Å². The van der Waals surface area contributed by atoms with Gasteiger partial charge in [0.2, 0.25) is 0 Å². The minimum atomic E-state index is -4.30. The molecule has 1 N–H and O–H groups in total. The molecule has 0 spiro atoms. The Morgan fingerprint density at radius 3 is 2.59 bits per heavy atom. The van der Waals surface area contributed by atoms with Gasteiger partial charge in [0.05, 0.1) is 11.3 Å². The lowest BCUT2D eigenvalue weighted by atomic mass is 10.00. The van der Waals surface area contributed by atoms with Gasteiger partial charge in [-0.25, -0.2) is 0 Å². The number of hydrogen-bond donors (Lipinski definition) is 1. The number of H-pyrrole nitrogens is 1. The predicted molar refractivity (Wildman–Crippen MR) is 78.3 cm³/mol. The van der Waals surface area contributed by atoms with Gasteiger partial charge in [-0.3, -0.25) is 10.00 Å². The van der Waals surface area contributed by atoms with Gasteiger partial charge < -0.3 is 0 Å². The van der Waals surface area contributed by atoms with Crippen LogP contribution < -0.4 is 0 Å². The molecule has 22 heavy (non-hydrogen) atoms. The Morgan fingerprint density at radius 2 is 1.95 bits per heavy atom. The number of aromatic nitrogens is 2. The van der Waals surface area contributed by atoms with E-state index in [1.165, 1.54) is 12.1 Å². The Bertz CT molecular complexity index is 644. The van der Waals surface area contributed by atoms with Crippen LogP contribution in [-0.4, -0.2) is 28.2 Å². The zero-order chi connectivity index (χ0) is 15.7. The summed E-state index contributed by atoms with van der Waals surface area (Å²) in [6, 6.07) is 5.22. The van der Waals surface area contributed by atoms with Gasteiger partial charge in [0.25, 0.3) is 0 Å². The molecule has 3 rings (SSSR count). The van der Waals surface area contributed by atoms with Crippen molar-refractivity contribution < 1.29 is 13.2 Å². The number of hydrogen-bond acceptors (Lipinski definition) is 2. The number of halogens is 3. The Labute approximate surface area is 127 Å². The summed E-state index contributed by atoms with van der Waals surface area (Å²) in [6.07, 6.45) is -2.31. The van der Waals surface area contributed by atoms with Crippen molar-refractivity contribution in [2.45, 2.75) is 32.5 Å². The van der Waals surface area contributed by atoms with Crippen LogP contribution >= 0.6 is 0 Å². The molecule has 0 fully saturated rings. The molecule has 0 bridgehead atoms. The number of alkyl halides is 3. The highest BCUT2D eigenvalue weighted by molar-refractivity contribution is 5.64. The first-order chi connectivity index (χ1) is 10.5. The van der Waals surface area contributed by atoms with E-state index in [4.69, 9.17) is 0 Å². The van der Waals surface area contributed by atoms with Crippen LogP contribution in [0.3, 0.4) is 0 Å². The molecule has 2 heterocycles. The second kappa shape index (κ2) is 5.76. The zero-order valence-electron chi connectivity index (χ0n) is 12.4. The van der Waals surface area contributed by atoms with Crippen LogP contribution in [0.5, 0.6) is 0 Å². The lowest BCUT2D eigenvalue weighted by Crippen LogP contribution is -2.31. The number of fused-ring (bicyclic) bond motifs is 1. The molecule has 0 radical (unpaired) electrons. The van der Waals surface area contributed by atoms with Crippen LogP contribution in [0, 0.1) is 0 Å². The summed E-state index contributed by atoms with van der Waals surface area (Å²) in [5.74, 6) is 0. The van der Waals surface area contributed by atoms with Crippen LogP contribution in [0.4, 0.5) is 13.2 Å². The molecule has 0 unspecified atom stereocenters. The highest BCUT2D eigenvalue weighted by Crippen LogP contribution is 2.32. The fourth-order valence-electron chi connectivity index (χ4n) is 2.91. The molecule has 118 valence electrons. The number of aromatic amines is 1. The van der Waals surface area contributed by atoms with Crippen molar-refractivity contribution in [3.63, 3.8) is 0 Å². The third-order valence-corrected chi connectivity index (χ3v) is 4.04. The van der Waals surface area contributed by atoms with Gasteiger partial charge in [0, 0.05) is 36.3 Å². The highest BCUT2D eigenvalue weighted by Gasteiger charge is 2.30. The van der Waals surface area contributed by atoms with Crippen LogP contribution in [0.2, 0.25) is 0 Å². The first-order valence-electron chi connectivity index (χ1n) is 7.45. The third kappa shape index (κ3) is 2.88. The van der Waals surface area contributed by atoms with E-state index in [9.17, 15) is 13.2 Å². The van der Waals surface area contributed by atoms with Crippen LogP contribution in [0.15, 0.2) is 24.3 Å². The molecule has 1 aromatic carbocycles. The minimum Gasteiger partial charge on any atom is -0.299 e. The monoisotopic (exact) mass is 309 g/mol. The van der Waals surface area contributed by atoms with Crippen LogP contribution in [0.25, 0.3) is 11.3 Å². The number of nitrogens with zero attached hydrogens (tertiary/aromatic N) is 2. The summed E-state index contributed by atoms with van der Waals surface area (Å²) in [6.45, 7) is 4.96. The van der Waals surface area contributed by atoms with E-state index >= 15 is 0 Å². The molecule has 1 aromatic heterocycles. The molecule has 3 nitrogen and oxygen atoms in total. The summed E-state index contributed by atoms with van der Waals surface area (Å²) in [4.78, 5) is 2.35. The maximum atomic E-state index is 12.6. The van der Waals surface area contributed by atoms with E-state index in [-0.39, 0.29) is 0 Å². The molecule has 0 saturated heterocycles. The fraction of sp³-hybridized carbons (Fsp3) is 0.438. The maximum Gasteiger partial charge on any atom is 0.416 e. The van der Waals surface area contributed by atoms with Gasteiger partial charge in [-0.05, 0) is 25.1 Å².